The summed E-state index contributed by atoms with van der Waals surface area (Å²) < 4.78 is 0. The first-order valence-electron chi connectivity index (χ1n) is 4.47. The summed E-state index contributed by atoms with van der Waals surface area (Å²) in [6.07, 6.45) is 0. The number of rotatable bonds is 1. The van der Waals surface area contributed by atoms with Crippen molar-refractivity contribution in [1.82, 2.24) is 0 Å². The van der Waals surface area contributed by atoms with Crippen LogP contribution in [0.3, 0.4) is 0 Å². The van der Waals surface area contributed by atoms with Gasteiger partial charge < -0.3 is 5.32 Å². The lowest BCUT2D eigenvalue weighted by atomic mass is 10.3. The number of hydrogen-bond donors (Lipinski definition) is 1. The van der Waals surface area contributed by atoms with Gasteiger partial charge in [0.15, 0.2) is 5.17 Å². The summed E-state index contributed by atoms with van der Waals surface area (Å²) in [6, 6.07) is 8.07. The van der Waals surface area contributed by atoms with Gasteiger partial charge in [0.25, 0.3) is 0 Å². The molecule has 0 saturated carbocycles. The Morgan fingerprint density at radius 3 is 2.71 bits per heavy atom. The maximum Gasteiger partial charge on any atom is 0.161 e. The molecule has 4 heteroatoms. The number of hydrogen-bond acceptors (Lipinski definition) is 3. The first-order valence-corrected chi connectivity index (χ1v) is 5.83. The molecule has 14 heavy (non-hydrogen) atoms. The molecular weight excluding hydrogens is 216 g/mol. The quantitative estimate of drug-likeness (QED) is 0.795. The van der Waals surface area contributed by atoms with E-state index in [0.717, 1.165) is 21.6 Å². The zero-order chi connectivity index (χ0) is 9.97. The molecule has 2 nitrogen and oxygen atoms in total. The summed E-state index contributed by atoms with van der Waals surface area (Å²) in [5.41, 5.74) is 1.04. The first kappa shape index (κ1) is 9.87. The maximum absolute atomic E-state index is 5.79. The second-order valence-electron chi connectivity index (χ2n) is 3.23. The predicted octanol–water partition coefficient (Wildman–Crippen LogP) is 3.24. The van der Waals surface area contributed by atoms with E-state index in [1.165, 1.54) is 0 Å². The van der Waals surface area contributed by atoms with Gasteiger partial charge >= 0.3 is 0 Å². The summed E-state index contributed by atoms with van der Waals surface area (Å²) in [7, 11) is 0. The fraction of sp³-hybridized carbons (Fsp3) is 0.300. The van der Waals surface area contributed by atoms with Crippen molar-refractivity contribution >= 4 is 34.2 Å². The van der Waals surface area contributed by atoms with Gasteiger partial charge in [-0.25, -0.2) is 0 Å². The molecule has 0 bridgehead atoms. The SMILES string of the molecule is C[C@H]1CSC(Nc2ccc(Cl)cc2)=N1. The standard InChI is InChI=1S/C10H11ClN2S/c1-7-6-14-10(12-7)13-9-4-2-8(11)3-5-9/h2-5,7H,6H2,1H3,(H,12,13)/t7-/m0/s1. The lowest BCUT2D eigenvalue weighted by Gasteiger charge is -2.03. The third-order valence-electron chi connectivity index (χ3n) is 1.89. The average Bonchev–Trinajstić information content (AvgIpc) is 2.56. The van der Waals surface area contributed by atoms with E-state index in [1.807, 2.05) is 24.3 Å². The molecule has 1 aliphatic heterocycles. The lowest BCUT2D eigenvalue weighted by Crippen LogP contribution is -2.04. The van der Waals surface area contributed by atoms with E-state index in [9.17, 15) is 0 Å². The highest BCUT2D eigenvalue weighted by atomic mass is 35.5. The van der Waals surface area contributed by atoms with E-state index in [1.54, 1.807) is 11.8 Å². The summed E-state index contributed by atoms with van der Waals surface area (Å²) in [6.45, 7) is 2.11. The Morgan fingerprint density at radius 2 is 2.14 bits per heavy atom. The van der Waals surface area contributed by atoms with Crippen molar-refractivity contribution in [3.05, 3.63) is 29.3 Å². The lowest BCUT2D eigenvalue weighted by molar-refractivity contribution is 0.865. The van der Waals surface area contributed by atoms with Crippen molar-refractivity contribution in [2.24, 2.45) is 4.99 Å². The van der Waals surface area contributed by atoms with Crippen molar-refractivity contribution in [2.45, 2.75) is 13.0 Å². The highest BCUT2D eigenvalue weighted by molar-refractivity contribution is 8.14. The summed E-state index contributed by atoms with van der Waals surface area (Å²) in [5, 5.41) is 5.01. The molecule has 1 atom stereocenters. The van der Waals surface area contributed by atoms with E-state index in [4.69, 9.17) is 11.6 Å². The van der Waals surface area contributed by atoms with Gasteiger partial charge in [-0.2, -0.15) is 0 Å². The molecule has 0 amide bonds. The van der Waals surface area contributed by atoms with Crippen LogP contribution < -0.4 is 5.32 Å². The van der Waals surface area contributed by atoms with Gasteiger partial charge in [0.05, 0.1) is 6.04 Å². The monoisotopic (exact) mass is 226 g/mol. The van der Waals surface area contributed by atoms with Crippen molar-refractivity contribution in [3.8, 4) is 0 Å². The number of nitrogens with zero attached hydrogens (tertiary/aromatic N) is 1. The molecule has 0 radical (unpaired) electrons. The van der Waals surface area contributed by atoms with Crippen LogP contribution in [0.15, 0.2) is 29.3 Å². The number of amidine groups is 1. The average molecular weight is 227 g/mol. The van der Waals surface area contributed by atoms with E-state index < -0.39 is 0 Å². The van der Waals surface area contributed by atoms with Crippen LogP contribution in [0.2, 0.25) is 5.02 Å². The van der Waals surface area contributed by atoms with E-state index in [0.29, 0.717) is 6.04 Å². The number of thioether (sulfide) groups is 1. The largest absolute Gasteiger partial charge is 0.335 e. The molecule has 1 aliphatic rings. The Kier molecular flexibility index (Phi) is 2.99. The van der Waals surface area contributed by atoms with Crippen molar-refractivity contribution in [1.29, 1.82) is 0 Å². The Morgan fingerprint density at radius 1 is 1.43 bits per heavy atom. The zero-order valence-electron chi connectivity index (χ0n) is 7.83. The number of anilines is 1. The summed E-state index contributed by atoms with van der Waals surface area (Å²) in [5.74, 6) is 1.07. The van der Waals surface area contributed by atoms with E-state index >= 15 is 0 Å². The highest BCUT2D eigenvalue weighted by Crippen LogP contribution is 2.20. The Bertz CT molecular complexity index is 348. The molecule has 1 aromatic carbocycles. The minimum Gasteiger partial charge on any atom is -0.335 e. The van der Waals surface area contributed by atoms with Crippen LogP contribution in [0, 0.1) is 0 Å². The number of nitrogens with one attached hydrogen (secondary N) is 1. The Balaban J connectivity index is 2.04. The van der Waals surface area contributed by atoms with Gasteiger partial charge in [-0.1, -0.05) is 23.4 Å². The fourth-order valence-corrected chi connectivity index (χ4v) is 2.24. The van der Waals surface area contributed by atoms with Gasteiger partial charge in [0.2, 0.25) is 0 Å². The third-order valence-corrected chi connectivity index (χ3v) is 3.28. The van der Waals surface area contributed by atoms with Crippen LogP contribution in [-0.2, 0) is 0 Å². The van der Waals surface area contributed by atoms with Crippen molar-refractivity contribution in [2.75, 3.05) is 11.1 Å². The molecule has 0 saturated heterocycles. The minimum atomic E-state index is 0.426. The van der Waals surface area contributed by atoms with Gasteiger partial charge in [0.1, 0.15) is 0 Å². The zero-order valence-corrected chi connectivity index (χ0v) is 9.40. The third kappa shape index (κ3) is 2.42. The molecule has 1 heterocycles. The van der Waals surface area contributed by atoms with E-state index in [2.05, 4.69) is 17.2 Å². The van der Waals surface area contributed by atoms with E-state index in [-0.39, 0.29) is 0 Å². The number of benzene rings is 1. The first-order chi connectivity index (χ1) is 6.74. The topological polar surface area (TPSA) is 24.4 Å². The van der Waals surface area contributed by atoms with Crippen LogP contribution in [0.4, 0.5) is 5.69 Å². The second kappa shape index (κ2) is 4.24. The van der Waals surface area contributed by atoms with Crippen molar-refractivity contribution in [3.63, 3.8) is 0 Å². The second-order valence-corrected chi connectivity index (χ2v) is 4.67. The molecular formula is C10H11ClN2S. The van der Waals surface area contributed by atoms with Crippen molar-refractivity contribution < 1.29 is 0 Å². The molecule has 0 aliphatic carbocycles. The van der Waals surface area contributed by atoms with Crippen LogP contribution in [0.1, 0.15) is 6.92 Å². The Labute approximate surface area is 92.8 Å². The maximum atomic E-state index is 5.79. The predicted molar refractivity (Wildman–Crippen MR) is 64.4 cm³/mol. The van der Waals surface area contributed by atoms with Crippen LogP contribution in [0.25, 0.3) is 0 Å². The molecule has 2 rings (SSSR count). The van der Waals surface area contributed by atoms with Gasteiger partial charge in [-0.3, -0.25) is 4.99 Å². The molecule has 74 valence electrons. The molecule has 0 spiro atoms. The van der Waals surface area contributed by atoms with Gasteiger partial charge in [-0.15, -0.1) is 0 Å². The Hall–Kier alpha value is -0.670. The summed E-state index contributed by atoms with van der Waals surface area (Å²) >= 11 is 7.54. The van der Waals surface area contributed by atoms with Gasteiger partial charge in [0, 0.05) is 16.5 Å². The normalized spacial score (nSPS) is 20.7. The smallest absolute Gasteiger partial charge is 0.161 e. The molecule has 0 aromatic heterocycles. The molecule has 1 N–H and O–H groups in total. The van der Waals surface area contributed by atoms with Crippen LogP contribution >= 0.6 is 23.4 Å². The fourth-order valence-electron chi connectivity index (χ4n) is 1.20. The minimum absolute atomic E-state index is 0.426. The molecule has 0 fully saturated rings. The van der Waals surface area contributed by atoms with Gasteiger partial charge in [-0.05, 0) is 31.2 Å². The summed E-state index contributed by atoms with van der Waals surface area (Å²) in [4.78, 5) is 4.44. The van der Waals surface area contributed by atoms with Crippen LogP contribution in [-0.4, -0.2) is 17.0 Å². The molecule has 0 unspecified atom stereocenters. The molecule has 1 aromatic rings. The van der Waals surface area contributed by atoms with Crippen LogP contribution in [0.5, 0.6) is 0 Å². The number of aliphatic imine (C=N–C) groups is 1. The number of halogens is 1. The highest BCUT2D eigenvalue weighted by Gasteiger charge is 2.13.